The second kappa shape index (κ2) is 60.7. The first-order chi connectivity index (χ1) is 59.4. The minimum absolute atomic E-state index is 0. The Hall–Kier alpha value is -8.09. The van der Waals surface area contributed by atoms with E-state index in [1.807, 2.05) is 91.0 Å². The number of carboxylic acid groups (broad SMARTS) is 2. The van der Waals surface area contributed by atoms with Crippen molar-refractivity contribution in [2.24, 2.45) is 23.5 Å². The van der Waals surface area contributed by atoms with Crippen molar-refractivity contribution in [3.63, 3.8) is 0 Å². The number of aliphatic hydroxyl groups is 1. The molecule has 8 N–H and O–H groups in total. The van der Waals surface area contributed by atoms with Crippen molar-refractivity contribution >= 4 is 109 Å². The summed E-state index contributed by atoms with van der Waals surface area (Å²) in [7, 11) is 0. The largest absolute Gasteiger partial charge is 1.00 e. The van der Waals surface area contributed by atoms with Crippen molar-refractivity contribution in [2.45, 2.75) is 194 Å². The number of carbonyl (C=O) groups excluding carboxylic acids is 8. The third-order valence-corrected chi connectivity index (χ3v) is 20.5. The van der Waals surface area contributed by atoms with Crippen LogP contribution in [-0.4, -0.2) is 216 Å². The average Bonchev–Trinajstić information content (AvgIpc) is 0.905. The SMILES string of the molecule is C.C#C.C1CCOC1.CC(C)(C)OC(=O)NC(C(=O)O)c1ccccc1.CC(C)(C)OC(=O)NC(C(=O)O[C@H]1CN2CCC1CC2)c1ccccc1.CC(C)(C)OC(=O)NC(C(=O)O[C@H]1C[N+]2(CC(=O)c3ccccc3)CCC1CC2)c1ccccc1.CCOC(C)=O.I[I-]I.NC(C(=O)O)c1ccccc1.O=C(CCl)c1ccccc1.O[C@H]1CN2CCC1CC2.[Cl-]. The number of hydrogen-bond donors (Lipinski definition) is 7. The van der Waals surface area contributed by atoms with Crippen LogP contribution in [0, 0.1) is 30.6 Å². The number of nitrogens with two attached hydrogens (primary N) is 1. The fraction of sp³-hybridized carbons (Fsp3) is 0.495. The van der Waals surface area contributed by atoms with E-state index in [-0.39, 0.29) is 67.5 Å². The predicted molar refractivity (Wildman–Crippen MR) is 500 cm³/mol. The number of benzene rings is 6. The number of piperidine rings is 9. The number of esters is 3. The second-order valence-corrected chi connectivity index (χ2v) is 49.8. The second-order valence-electron chi connectivity index (χ2n) is 33.3. The van der Waals surface area contributed by atoms with Gasteiger partial charge in [0.15, 0.2) is 30.0 Å². The maximum Gasteiger partial charge on any atom is 0.325 e. The number of ketones is 2. The molecule has 3 amide bonds. The molecular weight excluding hydrogens is 2010 g/mol. The van der Waals surface area contributed by atoms with E-state index in [1.54, 1.807) is 160 Å². The van der Waals surface area contributed by atoms with Gasteiger partial charge >= 0.3 is 98.6 Å². The minimum Gasteiger partial charge on any atom is -1.00 e. The molecule has 0 aliphatic carbocycles. The average molecular weight is 2140 g/mol. The van der Waals surface area contributed by atoms with Crippen LogP contribution < -0.4 is 47.3 Å². The van der Waals surface area contributed by atoms with Gasteiger partial charge in [-0.1, -0.05) is 189 Å². The zero-order chi connectivity index (χ0) is 92.7. The number of hydrogen-bond acceptors (Lipinski definition) is 21. The summed E-state index contributed by atoms with van der Waals surface area (Å²) < 4.78 is 37.6. The van der Waals surface area contributed by atoms with Crippen LogP contribution in [0.4, 0.5) is 14.4 Å². The number of halogens is 5. The van der Waals surface area contributed by atoms with Crippen LogP contribution in [0.5, 0.6) is 0 Å². The molecule has 7 atom stereocenters. The summed E-state index contributed by atoms with van der Waals surface area (Å²) in [4.78, 5) is 122. The number of terminal acetylenes is 1. The first kappa shape index (κ1) is 115. The number of Topliss-reactive ketones (excluding diaryl/α,β-unsaturated/α-hetero) is 2. The summed E-state index contributed by atoms with van der Waals surface area (Å²) in [6.45, 7) is 30.6. The molecule has 27 nitrogen and oxygen atoms in total. The maximum atomic E-state index is 13.4. The van der Waals surface area contributed by atoms with Crippen LogP contribution in [0.15, 0.2) is 182 Å². The molecule has 0 spiro atoms. The summed E-state index contributed by atoms with van der Waals surface area (Å²) in [6.07, 6.45) is 14.5. The van der Waals surface area contributed by atoms with Crippen LogP contribution in [0.1, 0.15) is 202 Å². The number of aliphatic hydroxyl groups excluding tert-OH is 1. The summed E-state index contributed by atoms with van der Waals surface area (Å²) in [5, 5.41) is 34.7. The smallest absolute Gasteiger partial charge is 0.325 e. The van der Waals surface area contributed by atoms with Crippen LogP contribution in [-0.2, 0) is 57.1 Å². The van der Waals surface area contributed by atoms with Gasteiger partial charge in [0.2, 0.25) is 5.78 Å². The molecule has 6 bridgehead atoms. The molecule has 10 heterocycles. The van der Waals surface area contributed by atoms with E-state index in [0.717, 1.165) is 78.2 Å². The number of ether oxygens (including phenoxy) is 7. The zero-order valence-corrected chi connectivity index (χ0v) is 81.9. The number of amides is 3. The van der Waals surface area contributed by atoms with Crippen LogP contribution in [0.2, 0.25) is 0 Å². The first-order valence-corrected chi connectivity index (χ1v) is 54.9. The fourth-order valence-electron chi connectivity index (χ4n) is 14.3. The Balaban J connectivity index is 0.000000523. The van der Waals surface area contributed by atoms with E-state index in [2.05, 4.69) is 80.6 Å². The number of alkyl halides is 1. The number of quaternary nitrogens is 1. The molecule has 6 aromatic rings. The Morgan fingerprint density at radius 3 is 1.13 bits per heavy atom. The van der Waals surface area contributed by atoms with Gasteiger partial charge in [-0.2, -0.15) is 0 Å². The zero-order valence-electron chi connectivity index (χ0n) is 73.9. The number of carbonyl (C=O) groups is 10. The molecule has 0 radical (unpaired) electrons. The summed E-state index contributed by atoms with van der Waals surface area (Å²) >= 11 is 10.6. The van der Waals surface area contributed by atoms with Gasteiger partial charge in [-0.25, -0.2) is 28.8 Å². The number of nitrogens with one attached hydrogen (secondary N) is 3. The molecule has 10 saturated heterocycles. The normalized spacial score (nSPS) is 20.6. The van der Waals surface area contributed by atoms with E-state index in [1.165, 1.54) is 45.7 Å². The molecule has 10 fully saturated rings. The molecule has 4 unspecified atom stereocenters. The fourth-order valence-corrected chi connectivity index (χ4v) is 14.4. The number of nitrogens with zero attached hydrogens (tertiary/aromatic N) is 3. The first-order valence-electron chi connectivity index (χ1n) is 41.8. The molecule has 6 aromatic carbocycles. The van der Waals surface area contributed by atoms with Crippen molar-refractivity contribution in [1.29, 1.82) is 0 Å². The van der Waals surface area contributed by atoms with E-state index in [0.29, 0.717) is 82.7 Å². The van der Waals surface area contributed by atoms with Crippen LogP contribution >= 0.6 is 48.8 Å². The van der Waals surface area contributed by atoms with Crippen molar-refractivity contribution in [3.8, 4) is 12.8 Å². The Morgan fingerprint density at radius 2 is 0.850 bits per heavy atom. The minimum atomic E-state index is -1.13. The quantitative estimate of drug-likeness (QED) is 0.00753. The van der Waals surface area contributed by atoms with E-state index < -0.39 is 83.1 Å². The third kappa shape index (κ3) is 45.3. The number of alkyl carbamates (subject to hydrolysis) is 3. The van der Waals surface area contributed by atoms with Gasteiger partial charge in [0, 0.05) is 63.1 Å². The Kier molecular flexibility index (Phi) is 55.0. The van der Waals surface area contributed by atoms with E-state index in [4.69, 9.17) is 56.0 Å². The monoisotopic (exact) mass is 2140 g/mol. The third-order valence-electron chi connectivity index (χ3n) is 20.3. The topological polar surface area (TPSA) is 365 Å². The van der Waals surface area contributed by atoms with E-state index in [9.17, 15) is 53.1 Å². The molecule has 702 valence electrons. The van der Waals surface area contributed by atoms with Gasteiger partial charge in [-0.05, 0) is 168 Å². The van der Waals surface area contributed by atoms with Gasteiger partial charge < -0.3 is 92.0 Å². The predicted octanol–water partition coefficient (Wildman–Crippen LogP) is 10.5. The Labute approximate surface area is 791 Å². The molecule has 0 aromatic heterocycles. The van der Waals surface area contributed by atoms with Crippen LogP contribution in [0.25, 0.3) is 0 Å². The van der Waals surface area contributed by atoms with Gasteiger partial charge in [0.05, 0.1) is 31.7 Å². The number of fused-ring (bicyclic) bond motifs is 9. The van der Waals surface area contributed by atoms with E-state index >= 15 is 0 Å². The Morgan fingerprint density at radius 1 is 0.520 bits per heavy atom. The van der Waals surface area contributed by atoms with Crippen molar-refractivity contribution in [2.75, 3.05) is 91.1 Å². The van der Waals surface area contributed by atoms with Gasteiger partial charge in [0.25, 0.3) is 0 Å². The molecule has 127 heavy (non-hydrogen) atoms. The molecule has 10 aliphatic rings. The number of rotatable bonds is 19. The summed E-state index contributed by atoms with van der Waals surface area (Å²) in [5.41, 5.74) is 7.19. The van der Waals surface area contributed by atoms with Crippen molar-refractivity contribution in [1.82, 2.24) is 25.8 Å². The summed E-state index contributed by atoms with van der Waals surface area (Å²) in [6, 6.07) is 49.9. The maximum absolute atomic E-state index is 13.4. The number of aliphatic carboxylic acids is 2. The summed E-state index contributed by atoms with van der Waals surface area (Å²) in [5.74, 6) is -1.81. The Bertz CT molecular complexity index is 4200. The number of carboxylic acids is 2. The molecule has 0 saturated carbocycles. The van der Waals surface area contributed by atoms with Gasteiger partial charge in [-0.15, -0.1) is 24.4 Å². The van der Waals surface area contributed by atoms with Gasteiger partial charge in [0.1, 0.15) is 42.0 Å². The molecule has 10 aliphatic heterocycles. The molecule has 32 heteroatoms. The van der Waals surface area contributed by atoms with Crippen molar-refractivity contribution < 1.29 is 127 Å². The molecule has 16 rings (SSSR count). The molecular formula is C95H131Cl2I3N7O20-. The van der Waals surface area contributed by atoms with Gasteiger partial charge in [-0.3, -0.25) is 24.1 Å². The standard InChI is InChI=1S/C28H34N2O5.C20H28N2O4.C13H17NO4.C8H7ClO.C8H9NO2.C7H13NO.C4H8O2.C4H8O.C2H2.CH4.ClH.I3/c1-28(2,3)35-27(33)29-25(22-12-8-5-9-13-22)26(32)34-24-19-30(16-14-21(24)15-17-30)18-23(31)20-10-6-4-7-11-20;1-20(2,3)26-19(24)21-17(15-7-5-4-6-8-15)18(23)25-16-13-22-11-9-14(16)10-12-22;1-13(2,3)18-12(17)14-10(11(15)16)9-7-5-4-6-8-9;9-6-8(10)7-4-2-1-3-5-7;9-7(8(10)11)6-4-2-1-3-5-6;9-7-5-8-3-1-6(7)2-4-8;1-3-6-4(2)5;1-2-4-5-3-1;1-2;;;1-3-2/h4-13,21,24-25H,14-19H2,1-3H3;4-8,14,16-17H,9-13H2,1-3H3,(H,21,24);4-8,10H,1-3H3,(H,14,17)(H,15,16);1-5H,6H2;1-5,7H,9H2,(H,10,11);6-7,9H,1-5H2;3H2,1-2H3;1-4H2;1-2H;1H4;1H;/q;;;;;;;;;;;-1/t21?,24-,25?,30?;16-,17?;;;;7-;;;;;;/m00...0....../s1. The van der Waals surface area contributed by atoms with Crippen LogP contribution in [0.3, 0.4) is 0 Å². The van der Waals surface area contributed by atoms with Crippen molar-refractivity contribution in [3.05, 3.63) is 215 Å².